The van der Waals surface area contributed by atoms with Gasteiger partial charge in [0.05, 0.1) is 0 Å². The van der Waals surface area contributed by atoms with Crippen LogP contribution in [0.3, 0.4) is 0 Å². The first kappa shape index (κ1) is 14.1. The van der Waals surface area contributed by atoms with Crippen LogP contribution in [0.2, 0.25) is 0 Å². The zero-order chi connectivity index (χ0) is 14.8. The van der Waals surface area contributed by atoms with E-state index in [1.807, 2.05) is 12.1 Å². The predicted octanol–water partition coefficient (Wildman–Crippen LogP) is 4.80. The molecule has 0 amide bonds. The van der Waals surface area contributed by atoms with E-state index in [0.29, 0.717) is 11.7 Å². The molecule has 2 unspecified atom stereocenters. The van der Waals surface area contributed by atoms with Crippen molar-refractivity contribution < 1.29 is 4.79 Å². The van der Waals surface area contributed by atoms with Crippen molar-refractivity contribution in [3.8, 4) is 0 Å². The summed E-state index contributed by atoms with van der Waals surface area (Å²) in [6, 6.07) is 16.7. The molecule has 2 atom stereocenters. The highest BCUT2D eigenvalue weighted by Crippen LogP contribution is 2.49. The first-order valence-corrected chi connectivity index (χ1v) is 7.95. The van der Waals surface area contributed by atoms with E-state index in [1.54, 1.807) is 0 Å². The van der Waals surface area contributed by atoms with Crippen LogP contribution >= 0.6 is 0 Å². The molecule has 1 aliphatic rings. The fourth-order valence-corrected chi connectivity index (χ4v) is 3.22. The Balaban J connectivity index is 1.78. The van der Waals surface area contributed by atoms with Gasteiger partial charge < -0.3 is 0 Å². The number of carbonyl (C=O) groups excluding carboxylic acids is 1. The van der Waals surface area contributed by atoms with Crippen LogP contribution in [0, 0.1) is 5.92 Å². The van der Waals surface area contributed by atoms with E-state index in [1.165, 1.54) is 16.7 Å². The van der Waals surface area contributed by atoms with Gasteiger partial charge in [-0.3, -0.25) is 4.79 Å². The third-order valence-electron chi connectivity index (χ3n) is 4.61. The molecule has 1 aliphatic carbocycles. The maximum absolute atomic E-state index is 12.7. The van der Waals surface area contributed by atoms with Gasteiger partial charge in [-0.25, -0.2) is 0 Å². The van der Waals surface area contributed by atoms with E-state index in [0.717, 1.165) is 24.8 Å². The first-order valence-electron chi connectivity index (χ1n) is 7.95. The third-order valence-corrected chi connectivity index (χ3v) is 4.61. The average molecular weight is 278 g/mol. The average Bonchev–Trinajstić information content (AvgIpc) is 3.35. The number of benzene rings is 2. The lowest BCUT2D eigenvalue weighted by molar-refractivity contribution is 0.0965. The first-order chi connectivity index (χ1) is 10.2. The maximum Gasteiger partial charge on any atom is 0.166 e. The fourth-order valence-electron chi connectivity index (χ4n) is 3.22. The molecular formula is C20H22O. The highest BCUT2D eigenvalue weighted by molar-refractivity contribution is 6.00. The minimum atomic E-state index is 0.185. The van der Waals surface area contributed by atoms with Crippen LogP contribution in [0.4, 0.5) is 0 Å². The summed E-state index contributed by atoms with van der Waals surface area (Å²) < 4.78 is 0. The van der Waals surface area contributed by atoms with Gasteiger partial charge in [0.2, 0.25) is 0 Å². The molecule has 0 heterocycles. The molecule has 0 aromatic heterocycles. The van der Waals surface area contributed by atoms with Crippen molar-refractivity contribution in [3.63, 3.8) is 0 Å². The van der Waals surface area contributed by atoms with Crippen LogP contribution in [-0.4, -0.2) is 5.78 Å². The summed E-state index contributed by atoms with van der Waals surface area (Å²) in [4.78, 5) is 12.7. The monoisotopic (exact) mass is 278 g/mol. The quantitative estimate of drug-likeness (QED) is 0.718. The van der Waals surface area contributed by atoms with Crippen molar-refractivity contribution in [1.29, 1.82) is 0 Å². The number of hydrogen-bond donors (Lipinski definition) is 0. The summed E-state index contributed by atoms with van der Waals surface area (Å²) >= 11 is 0. The third kappa shape index (κ3) is 2.78. The molecule has 0 radical (unpaired) electrons. The second-order valence-electron chi connectivity index (χ2n) is 5.91. The summed E-state index contributed by atoms with van der Waals surface area (Å²) in [5.74, 6) is 0.931. The molecule has 0 bridgehead atoms. The molecule has 0 aliphatic heterocycles. The van der Waals surface area contributed by atoms with Gasteiger partial charge in [-0.1, -0.05) is 56.3 Å². The van der Waals surface area contributed by atoms with E-state index >= 15 is 0 Å². The Kier molecular flexibility index (Phi) is 3.92. The number of carbonyl (C=O) groups is 1. The minimum Gasteiger partial charge on any atom is -0.294 e. The van der Waals surface area contributed by atoms with Crippen molar-refractivity contribution in [2.45, 2.75) is 39.0 Å². The molecule has 0 spiro atoms. The second-order valence-corrected chi connectivity index (χ2v) is 5.91. The second kappa shape index (κ2) is 5.85. The summed E-state index contributed by atoms with van der Waals surface area (Å²) in [5.41, 5.74) is 4.88. The van der Waals surface area contributed by atoms with E-state index in [9.17, 15) is 4.79 Å². The number of Topliss-reactive ketones (excluding diaryl/α,β-unsaturated/α-hetero) is 1. The molecule has 0 N–H and O–H groups in total. The zero-order valence-electron chi connectivity index (χ0n) is 12.8. The predicted molar refractivity (Wildman–Crippen MR) is 86.8 cm³/mol. The lowest BCUT2D eigenvalue weighted by atomic mass is 9.96. The molecule has 1 fully saturated rings. The Labute approximate surface area is 127 Å². The largest absolute Gasteiger partial charge is 0.294 e. The van der Waals surface area contributed by atoms with E-state index < -0.39 is 0 Å². The highest BCUT2D eigenvalue weighted by Gasteiger charge is 2.43. The Hall–Kier alpha value is -1.89. The Bertz CT molecular complexity index is 642. The van der Waals surface area contributed by atoms with Crippen molar-refractivity contribution in [2.24, 2.45) is 5.92 Å². The summed E-state index contributed by atoms with van der Waals surface area (Å²) in [7, 11) is 0. The molecule has 1 saturated carbocycles. The lowest BCUT2D eigenvalue weighted by Crippen LogP contribution is -2.05. The molecule has 1 nitrogen and oxygen atoms in total. The van der Waals surface area contributed by atoms with Gasteiger partial charge in [0, 0.05) is 11.5 Å². The molecule has 21 heavy (non-hydrogen) atoms. The Morgan fingerprint density at radius 3 is 2.38 bits per heavy atom. The fraction of sp³-hybridized carbons (Fsp3) is 0.350. The van der Waals surface area contributed by atoms with Gasteiger partial charge in [0.1, 0.15) is 0 Å². The van der Waals surface area contributed by atoms with Crippen LogP contribution < -0.4 is 0 Å². The normalized spacial score (nSPS) is 20.3. The lowest BCUT2D eigenvalue weighted by Gasteiger charge is -2.08. The molecule has 1 heteroatoms. The smallest absolute Gasteiger partial charge is 0.166 e. The van der Waals surface area contributed by atoms with Crippen LogP contribution in [0.25, 0.3) is 0 Å². The topological polar surface area (TPSA) is 17.1 Å². The SMILES string of the molecule is CCc1ccc(C(=O)C2CC2c2ccccc2)cc1CC. The Morgan fingerprint density at radius 1 is 1.00 bits per heavy atom. The van der Waals surface area contributed by atoms with Gasteiger partial charge in [0.15, 0.2) is 5.78 Å². The van der Waals surface area contributed by atoms with Crippen molar-refractivity contribution in [1.82, 2.24) is 0 Å². The van der Waals surface area contributed by atoms with Crippen molar-refractivity contribution in [2.75, 3.05) is 0 Å². The number of rotatable bonds is 5. The van der Waals surface area contributed by atoms with Gasteiger partial charge in [-0.2, -0.15) is 0 Å². The van der Waals surface area contributed by atoms with Crippen LogP contribution in [0.15, 0.2) is 48.5 Å². The zero-order valence-corrected chi connectivity index (χ0v) is 12.8. The van der Waals surface area contributed by atoms with E-state index in [-0.39, 0.29) is 5.92 Å². The molecule has 0 saturated heterocycles. The number of aryl methyl sites for hydroxylation is 2. The van der Waals surface area contributed by atoms with Crippen LogP contribution in [-0.2, 0) is 12.8 Å². The minimum absolute atomic E-state index is 0.185. The van der Waals surface area contributed by atoms with Crippen LogP contribution in [0.5, 0.6) is 0 Å². The summed E-state index contributed by atoms with van der Waals surface area (Å²) in [6.45, 7) is 4.33. The van der Waals surface area contributed by atoms with Crippen LogP contribution in [0.1, 0.15) is 53.2 Å². The van der Waals surface area contributed by atoms with Gasteiger partial charge >= 0.3 is 0 Å². The van der Waals surface area contributed by atoms with E-state index in [4.69, 9.17) is 0 Å². The van der Waals surface area contributed by atoms with Gasteiger partial charge in [-0.05, 0) is 47.9 Å². The summed E-state index contributed by atoms with van der Waals surface area (Å²) in [5, 5.41) is 0. The molecule has 2 aromatic rings. The molecule has 3 rings (SSSR count). The van der Waals surface area contributed by atoms with Crippen molar-refractivity contribution in [3.05, 3.63) is 70.8 Å². The molecular weight excluding hydrogens is 256 g/mol. The van der Waals surface area contributed by atoms with E-state index in [2.05, 4.69) is 50.2 Å². The number of hydrogen-bond acceptors (Lipinski definition) is 1. The van der Waals surface area contributed by atoms with Crippen molar-refractivity contribution >= 4 is 5.78 Å². The summed E-state index contributed by atoms with van der Waals surface area (Å²) in [6.07, 6.45) is 3.03. The standard InChI is InChI=1S/C20H22O/c1-3-14-10-11-17(12-15(14)4-2)20(21)19-13-18(19)16-8-6-5-7-9-16/h5-12,18-19H,3-4,13H2,1-2H3. The number of ketones is 1. The Morgan fingerprint density at radius 2 is 1.71 bits per heavy atom. The molecule has 108 valence electrons. The molecule has 2 aromatic carbocycles. The van der Waals surface area contributed by atoms with Gasteiger partial charge in [-0.15, -0.1) is 0 Å². The van der Waals surface area contributed by atoms with Gasteiger partial charge in [0.25, 0.3) is 0 Å². The maximum atomic E-state index is 12.7. The highest BCUT2D eigenvalue weighted by atomic mass is 16.1.